The second-order valence-corrected chi connectivity index (χ2v) is 7.02. The SMILES string of the molecule is O=C(O)c1cc2c(s1)CCOC21CCN(c2ncccn2)CC1. The van der Waals surface area contributed by atoms with Crippen molar-refractivity contribution in [3.63, 3.8) is 0 Å². The zero-order valence-electron chi connectivity index (χ0n) is 12.6. The molecule has 0 aliphatic carbocycles. The molecule has 1 saturated heterocycles. The van der Waals surface area contributed by atoms with Crippen molar-refractivity contribution in [3.05, 3.63) is 39.8 Å². The molecule has 2 aliphatic rings. The third-order valence-electron chi connectivity index (χ3n) is 4.62. The Hall–Kier alpha value is -1.99. The van der Waals surface area contributed by atoms with Gasteiger partial charge in [0, 0.05) is 36.8 Å². The number of rotatable bonds is 2. The van der Waals surface area contributed by atoms with Crippen LogP contribution in [0.4, 0.5) is 5.95 Å². The molecule has 2 aliphatic heterocycles. The van der Waals surface area contributed by atoms with Gasteiger partial charge in [-0.3, -0.25) is 0 Å². The lowest BCUT2D eigenvalue weighted by Crippen LogP contribution is -2.46. The zero-order valence-corrected chi connectivity index (χ0v) is 13.4. The molecule has 1 fully saturated rings. The third-order valence-corrected chi connectivity index (χ3v) is 5.81. The number of aromatic carboxylic acids is 1. The van der Waals surface area contributed by atoms with E-state index in [4.69, 9.17) is 4.74 Å². The summed E-state index contributed by atoms with van der Waals surface area (Å²) in [5.74, 6) is -0.107. The molecule has 0 atom stereocenters. The number of hydrogen-bond donors (Lipinski definition) is 1. The van der Waals surface area contributed by atoms with E-state index in [1.807, 2.05) is 12.1 Å². The molecule has 0 aromatic carbocycles. The van der Waals surface area contributed by atoms with Gasteiger partial charge in [-0.1, -0.05) is 0 Å². The fourth-order valence-corrected chi connectivity index (χ4v) is 4.53. The highest BCUT2D eigenvalue weighted by Crippen LogP contribution is 2.44. The van der Waals surface area contributed by atoms with E-state index in [2.05, 4.69) is 14.9 Å². The van der Waals surface area contributed by atoms with Crippen molar-refractivity contribution >= 4 is 23.3 Å². The summed E-state index contributed by atoms with van der Waals surface area (Å²) < 4.78 is 6.16. The minimum absolute atomic E-state index is 0.344. The number of ether oxygens (including phenoxy) is 1. The predicted octanol–water partition coefficient (Wildman–Crippen LogP) is 2.30. The Morgan fingerprint density at radius 2 is 2.04 bits per heavy atom. The van der Waals surface area contributed by atoms with E-state index in [1.54, 1.807) is 12.4 Å². The molecule has 0 amide bonds. The number of carboxylic acids is 1. The standard InChI is InChI=1S/C16H17N3O3S/c20-14(21)13-10-11-12(23-13)2-9-22-16(11)3-7-19(8-4-16)15-17-5-1-6-18-15/h1,5-6,10H,2-4,7-9H2,(H,20,21). The number of carbonyl (C=O) groups is 1. The minimum atomic E-state index is -0.852. The number of carboxylic acid groups (broad SMARTS) is 1. The monoisotopic (exact) mass is 331 g/mol. The Balaban J connectivity index is 1.59. The van der Waals surface area contributed by atoms with E-state index in [0.29, 0.717) is 11.5 Å². The van der Waals surface area contributed by atoms with E-state index in [9.17, 15) is 9.90 Å². The van der Waals surface area contributed by atoms with Gasteiger partial charge in [-0.25, -0.2) is 14.8 Å². The maximum absolute atomic E-state index is 11.3. The lowest BCUT2D eigenvalue weighted by molar-refractivity contribution is -0.0758. The summed E-state index contributed by atoms with van der Waals surface area (Å²) in [6.45, 7) is 2.28. The fraction of sp³-hybridized carbons (Fsp3) is 0.438. The molecule has 6 nitrogen and oxygen atoms in total. The topological polar surface area (TPSA) is 75.6 Å². The summed E-state index contributed by atoms with van der Waals surface area (Å²) in [5, 5.41) is 9.26. The lowest BCUT2D eigenvalue weighted by atomic mass is 9.82. The predicted molar refractivity (Wildman–Crippen MR) is 86.1 cm³/mol. The fourth-order valence-electron chi connectivity index (χ4n) is 3.46. The first-order valence-electron chi connectivity index (χ1n) is 7.70. The molecular weight excluding hydrogens is 314 g/mol. The van der Waals surface area contributed by atoms with Crippen LogP contribution in [0, 0.1) is 0 Å². The highest BCUT2D eigenvalue weighted by molar-refractivity contribution is 7.14. The van der Waals surface area contributed by atoms with E-state index in [0.717, 1.165) is 48.7 Å². The molecule has 4 rings (SSSR count). The average Bonchev–Trinajstić information content (AvgIpc) is 3.03. The molecule has 7 heteroatoms. The number of hydrogen-bond acceptors (Lipinski definition) is 6. The van der Waals surface area contributed by atoms with Crippen LogP contribution in [0.15, 0.2) is 24.5 Å². The maximum atomic E-state index is 11.3. The number of fused-ring (bicyclic) bond motifs is 2. The molecule has 0 bridgehead atoms. The average molecular weight is 331 g/mol. The second-order valence-electron chi connectivity index (χ2n) is 5.88. The second kappa shape index (κ2) is 5.58. The molecule has 0 radical (unpaired) electrons. The van der Waals surface area contributed by atoms with Crippen LogP contribution in [0.5, 0.6) is 0 Å². The number of aromatic nitrogens is 2. The first-order valence-corrected chi connectivity index (χ1v) is 8.52. The summed E-state index contributed by atoms with van der Waals surface area (Å²) in [5.41, 5.74) is 0.739. The van der Waals surface area contributed by atoms with Crippen LogP contribution in [-0.2, 0) is 16.8 Å². The van der Waals surface area contributed by atoms with Gasteiger partial charge in [-0.2, -0.15) is 0 Å². The lowest BCUT2D eigenvalue weighted by Gasteiger charge is -2.44. The molecule has 120 valence electrons. The summed E-state index contributed by atoms with van der Waals surface area (Å²) in [6.07, 6.45) is 5.96. The van der Waals surface area contributed by atoms with Gasteiger partial charge >= 0.3 is 5.97 Å². The molecule has 2 aromatic heterocycles. The number of thiophene rings is 1. The van der Waals surface area contributed by atoms with Gasteiger partial charge in [0.25, 0.3) is 0 Å². The molecule has 2 aromatic rings. The van der Waals surface area contributed by atoms with Gasteiger partial charge in [0.2, 0.25) is 5.95 Å². The zero-order chi connectivity index (χ0) is 15.9. The van der Waals surface area contributed by atoms with Gasteiger partial charge in [0.15, 0.2) is 0 Å². The Bertz CT molecular complexity index is 723. The van der Waals surface area contributed by atoms with E-state index in [-0.39, 0.29) is 5.60 Å². The van der Waals surface area contributed by atoms with Crippen molar-refractivity contribution in [3.8, 4) is 0 Å². The summed E-state index contributed by atoms with van der Waals surface area (Å²) in [4.78, 5) is 23.6. The Kier molecular flexibility index (Phi) is 3.54. The third kappa shape index (κ3) is 2.49. The van der Waals surface area contributed by atoms with Gasteiger partial charge in [-0.15, -0.1) is 11.3 Å². The van der Waals surface area contributed by atoms with E-state index in [1.165, 1.54) is 11.3 Å². The molecule has 1 N–H and O–H groups in total. The van der Waals surface area contributed by atoms with Crippen LogP contribution in [0.25, 0.3) is 0 Å². The van der Waals surface area contributed by atoms with Gasteiger partial charge in [-0.05, 0) is 30.5 Å². The summed E-state index contributed by atoms with van der Waals surface area (Å²) in [7, 11) is 0. The highest BCUT2D eigenvalue weighted by atomic mass is 32.1. The molecule has 0 saturated carbocycles. The van der Waals surface area contributed by atoms with Crippen molar-refractivity contribution < 1.29 is 14.6 Å². The van der Waals surface area contributed by atoms with Crippen LogP contribution in [-0.4, -0.2) is 40.7 Å². The number of nitrogens with zero attached hydrogens (tertiary/aromatic N) is 3. The maximum Gasteiger partial charge on any atom is 0.345 e. The smallest absolute Gasteiger partial charge is 0.345 e. The molecule has 0 unspecified atom stereocenters. The van der Waals surface area contributed by atoms with Crippen LogP contribution in [0.1, 0.15) is 33.0 Å². The number of anilines is 1. The molecule has 23 heavy (non-hydrogen) atoms. The normalized spacial score (nSPS) is 19.6. The van der Waals surface area contributed by atoms with Crippen molar-refractivity contribution in [2.45, 2.75) is 24.9 Å². The van der Waals surface area contributed by atoms with E-state index < -0.39 is 5.97 Å². The van der Waals surface area contributed by atoms with Gasteiger partial charge in [0.05, 0.1) is 12.2 Å². The van der Waals surface area contributed by atoms with Crippen molar-refractivity contribution in [2.75, 3.05) is 24.6 Å². The minimum Gasteiger partial charge on any atom is -0.477 e. The number of piperidine rings is 1. The van der Waals surface area contributed by atoms with Crippen molar-refractivity contribution in [1.29, 1.82) is 0 Å². The van der Waals surface area contributed by atoms with Gasteiger partial charge < -0.3 is 14.7 Å². The summed E-state index contributed by atoms with van der Waals surface area (Å²) in [6, 6.07) is 3.63. The Labute approximate surface area is 137 Å². The van der Waals surface area contributed by atoms with Gasteiger partial charge in [0.1, 0.15) is 4.88 Å². The first-order chi connectivity index (χ1) is 11.2. The Morgan fingerprint density at radius 1 is 1.30 bits per heavy atom. The summed E-state index contributed by atoms with van der Waals surface area (Å²) >= 11 is 1.39. The highest BCUT2D eigenvalue weighted by Gasteiger charge is 2.42. The van der Waals surface area contributed by atoms with E-state index >= 15 is 0 Å². The van der Waals surface area contributed by atoms with Crippen molar-refractivity contribution in [2.24, 2.45) is 0 Å². The van der Waals surface area contributed by atoms with Crippen molar-refractivity contribution in [1.82, 2.24) is 9.97 Å². The quantitative estimate of drug-likeness (QED) is 0.910. The molecule has 4 heterocycles. The van der Waals surface area contributed by atoms with Crippen LogP contribution in [0.3, 0.4) is 0 Å². The molecular formula is C16H17N3O3S. The first kappa shape index (κ1) is 14.6. The van der Waals surface area contributed by atoms with Crippen LogP contribution in [0.2, 0.25) is 0 Å². The molecule has 1 spiro atoms. The van der Waals surface area contributed by atoms with Crippen LogP contribution >= 0.6 is 11.3 Å². The largest absolute Gasteiger partial charge is 0.477 e. The Morgan fingerprint density at radius 3 is 2.74 bits per heavy atom. The van der Waals surface area contributed by atoms with Crippen LogP contribution < -0.4 is 4.90 Å².